The topological polar surface area (TPSA) is 77.7 Å². The molecular formula is C30H37FN4O3. The Labute approximate surface area is 223 Å². The third-order valence-electron chi connectivity index (χ3n) is 7.80. The third kappa shape index (κ3) is 6.42. The highest BCUT2D eigenvalue weighted by atomic mass is 19.1. The second-order valence-electron chi connectivity index (χ2n) is 10.4. The van der Waals surface area contributed by atoms with E-state index in [-0.39, 0.29) is 30.1 Å². The highest BCUT2D eigenvalue weighted by molar-refractivity contribution is 5.92. The number of amides is 2. The largest absolute Gasteiger partial charge is 0.379 e. The fourth-order valence-electron chi connectivity index (χ4n) is 5.66. The summed E-state index contributed by atoms with van der Waals surface area (Å²) in [4.78, 5) is 35.1. The molecule has 7 nitrogen and oxygen atoms in total. The first-order valence-corrected chi connectivity index (χ1v) is 13.8. The maximum atomic E-state index is 14.0. The molecule has 0 radical (unpaired) electrons. The molecule has 8 heteroatoms. The van der Waals surface area contributed by atoms with Gasteiger partial charge in [0.2, 0.25) is 11.8 Å². The maximum absolute atomic E-state index is 14.0. The smallest absolute Gasteiger partial charge is 0.247 e. The van der Waals surface area contributed by atoms with Gasteiger partial charge in [-0.3, -0.25) is 14.5 Å². The minimum absolute atomic E-state index is 0.101. The van der Waals surface area contributed by atoms with Gasteiger partial charge in [0, 0.05) is 49.3 Å². The van der Waals surface area contributed by atoms with Crippen molar-refractivity contribution in [3.8, 4) is 0 Å². The Morgan fingerprint density at radius 3 is 2.55 bits per heavy atom. The van der Waals surface area contributed by atoms with Gasteiger partial charge in [-0.2, -0.15) is 0 Å². The van der Waals surface area contributed by atoms with Crippen molar-refractivity contribution in [1.82, 2.24) is 20.1 Å². The van der Waals surface area contributed by atoms with E-state index < -0.39 is 6.04 Å². The number of ether oxygens (including phenoxy) is 1. The Balaban J connectivity index is 1.44. The Morgan fingerprint density at radius 1 is 1.05 bits per heavy atom. The minimum atomic E-state index is -0.837. The van der Waals surface area contributed by atoms with Gasteiger partial charge in [-0.05, 0) is 42.2 Å². The Kier molecular flexibility index (Phi) is 8.71. The number of H-pyrrole nitrogens is 1. The van der Waals surface area contributed by atoms with Gasteiger partial charge >= 0.3 is 0 Å². The van der Waals surface area contributed by atoms with E-state index in [1.807, 2.05) is 30.5 Å². The fraction of sp³-hybridized carbons (Fsp3) is 0.467. The molecule has 38 heavy (non-hydrogen) atoms. The highest BCUT2D eigenvalue weighted by Crippen LogP contribution is 2.26. The molecule has 2 aliphatic rings. The lowest BCUT2D eigenvalue weighted by Crippen LogP contribution is -2.50. The molecule has 0 bridgehead atoms. The average molecular weight is 521 g/mol. The fourth-order valence-corrected chi connectivity index (χ4v) is 5.66. The summed E-state index contributed by atoms with van der Waals surface area (Å²) in [6.45, 7) is 3.93. The van der Waals surface area contributed by atoms with Gasteiger partial charge in [-0.25, -0.2) is 4.39 Å². The van der Waals surface area contributed by atoms with Crippen LogP contribution in [0.25, 0.3) is 10.9 Å². The van der Waals surface area contributed by atoms with Crippen LogP contribution in [0.1, 0.15) is 49.3 Å². The normalized spacial score (nSPS) is 17.8. The Morgan fingerprint density at radius 2 is 1.79 bits per heavy atom. The van der Waals surface area contributed by atoms with Crippen LogP contribution >= 0.6 is 0 Å². The number of para-hydroxylation sites is 1. The zero-order chi connectivity index (χ0) is 26.3. The van der Waals surface area contributed by atoms with Gasteiger partial charge in [-0.15, -0.1) is 0 Å². The predicted octanol–water partition coefficient (Wildman–Crippen LogP) is 4.20. The first kappa shape index (κ1) is 26.4. The van der Waals surface area contributed by atoms with Crippen molar-refractivity contribution in [2.75, 3.05) is 39.4 Å². The standard InChI is InChI=1S/C30H37FN4O3/c31-24-12-10-22(11-13-24)29(30(37)33-25-6-2-1-3-7-25)35(15-14-34-16-18-38-19-17-34)28(36)20-23-21-32-27-9-5-4-8-26(23)27/h4-5,8-13,21,25,29,32H,1-3,6-7,14-20H2,(H,33,37). The summed E-state index contributed by atoms with van der Waals surface area (Å²) in [5, 5.41) is 4.23. The Bertz CT molecular complexity index is 1220. The van der Waals surface area contributed by atoms with Crippen molar-refractivity contribution >= 4 is 22.7 Å². The number of carbonyl (C=O) groups is 2. The number of fused-ring (bicyclic) bond motifs is 1. The maximum Gasteiger partial charge on any atom is 0.247 e. The molecule has 3 aromatic rings. The van der Waals surface area contributed by atoms with Crippen LogP contribution in [0, 0.1) is 5.82 Å². The number of morpholine rings is 1. The zero-order valence-electron chi connectivity index (χ0n) is 21.8. The van der Waals surface area contributed by atoms with E-state index in [2.05, 4.69) is 15.2 Å². The van der Waals surface area contributed by atoms with E-state index in [0.29, 0.717) is 31.9 Å². The van der Waals surface area contributed by atoms with Gasteiger partial charge < -0.3 is 19.9 Å². The van der Waals surface area contributed by atoms with Crippen molar-refractivity contribution in [3.63, 3.8) is 0 Å². The number of nitrogens with one attached hydrogen (secondary N) is 2. The molecule has 0 spiro atoms. The van der Waals surface area contributed by atoms with E-state index in [0.717, 1.165) is 55.2 Å². The van der Waals surface area contributed by atoms with E-state index in [1.54, 1.807) is 17.0 Å². The molecule has 2 aromatic carbocycles. The van der Waals surface area contributed by atoms with Crippen molar-refractivity contribution in [2.45, 2.75) is 50.6 Å². The average Bonchev–Trinajstić information content (AvgIpc) is 3.35. The molecule has 2 fully saturated rings. The van der Waals surface area contributed by atoms with Crippen molar-refractivity contribution < 1.29 is 18.7 Å². The number of nitrogens with zero attached hydrogens (tertiary/aromatic N) is 2. The van der Waals surface area contributed by atoms with Crippen LogP contribution in [0.2, 0.25) is 0 Å². The van der Waals surface area contributed by atoms with E-state index in [4.69, 9.17) is 4.74 Å². The summed E-state index contributed by atoms with van der Waals surface area (Å²) in [6, 6.07) is 13.1. The molecular weight excluding hydrogens is 483 g/mol. The predicted molar refractivity (Wildman–Crippen MR) is 145 cm³/mol. The number of benzene rings is 2. The highest BCUT2D eigenvalue weighted by Gasteiger charge is 2.33. The van der Waals surface area contributed by atoms with Gasteiger partial charge in [0.25, 0.3) is 0 Å². The quantitative estimate of drug-likeness (QED) is 0.443. The van der Waals surface area contributed by atoms with Gasteiger partial charge in [0.15, 0.2) is 0 Å². The molecule has 1 aromatic heterocycles. The molecule has 1 saturated carbocycles. The van der Waals surface area contributed by atoms with E-state index >= 15 is 0 Å². The summed E-state index contributed by atoms with van der Waals surface area (Å²) in [7, 11) is 0. The van der Waals surface area contributed by atoms with Crippen LogP contribution in [0.3, 0.4) is 0 Å². The SMILES string of the molecule is O=C(NC1CCCCC1)C(c1ccc(F)cc1)N(CCN1CCOCC1)C(=O)Cc1c[nH]c2ccccc12. The number of halogens is 1. The lowest BCUT2D eigenvalue weighted by atomic mass is 9.94. The van der Waals surface area contributed by atoms with Crippen LogP contribution in [0.4, 0.5) is 4.39 Å². The van der Waals surface area contributed by atoms with Gasteiger partial charge in [-0.1, -0.05) is 49.6 Å². The van der Waals surface area contributed by atoms with Crippen LogP contribution in [0.15, 0.2) is 54.7 Å². The van der Waals surface area contributed by atoms with Crippen molar-refractivity contribution in [1.29, 1.82) is 0 Å². The summed E-state index contributed by atoms with van der Waals surface area (Å²) in [5.41, 5.74) is 2.49. The molecule has 1 unspecified atom stereocenters. The molecule has 1 saturated heterocycles. The summed E-state index contributed by atoms with van der Waals surface area (Å²) < 4.78 is 19.4. The van der Waals surface area contributed by atoms with Gasteiger partial charge in [0.05, 0.1) is 19.6 Å². The summed E-state index contributed by atoms with van der Waals surface area (Å²) in [5.74, 6) is -0.695. The number of rotatable bonds is 9. The first-order chi connectivity index (χ1) is 18.6. The Hall–Kier alpha value is -3.23. The number of hydrogen-bond donors (Lipinski definition) is 2. The molecule has 202 valence electrons. The van der Waals surface area contributed by atoms with E-state index in [1.165, 1.54) is 18.6 Å². The molecule has 1 aliphatic heterocycles. The van der Waals surface area contributed by atoms with Crippen molar-refractivity contribution in [2.24, 2.45) is 0 Å². The summed E-state index contributed by atoms with van der Waals surface area (Å²) in [6.07, 6.45) is 7.29. The van der Waals surface area contributed by atoms with Crippen LogP contribution in [-0.4, -0.2) is 72.0 Å². The molecule has 2 N–H and O–H groups in total. The van der Waals surface area contributed by atoms with Crippen LogP contribution < -0.4 is 5.32 Å². The lowest BCUT2D eigenvalue weighted by Gasteiger charge is -2.35. The number of aromatic amines is 1. The number of carbonyl (C=O) groups excluding carboxylic acids is 2. The van der Waals surface area contributed by atoms with Crippen LogP contribution in [0.5, 0.6) is 0 Å². The molecule has 1 atom stereocenters. The molecule has 2 amide bonds. The second-order valence-corrected chi connectivity index (χ2v) is 10.4. The van der Waals surface area contributed by atoms with Crippen molar-refractivity contribution in [3.05, 3.63) is 71.7 Å². The van der Waals surface area contributed by atoms with Crippen LogP contribution in [-0.2, 0) is 20.7 Å². The zero-order valence-corrected chi connectivity index (χ0v) is 21.8. The summed E-state index contributed by atoms with van der Waals surface area (Å²) >= 11 is 0. The minimum Gasteiger partial charge on any atom is -0.379 e. The monoisotopic (exact) mass is 520 g/mol. The first-order valence-electron chi connectivity index (χ1n) is 13.8. The molecule has 1 aliphatic carbocycles. The molecule has 2 heterocycles. The second kappa shape index (κ2) is 12.5. The molecule has 5 rings (SSSR count). The van der Waals surface area contributed by atoms with E-state index in [9.17, 15) is 14.0 Å². The number of aromatic nitrogens is 1. The van der Waals surface area contributed by atoms with Gasteiger partial charge in [0.1, 0.15) is 11.9 Å². The lowest BCUT2D eigenvalue weighted by molar-refractivity contribution is -0.141. The third-order valence-corrected chi connectivity index (χ3v) is 7.80. The number of hydrogen-bond acceptors (Lipinski definition) is 4.